The van der Waals surface area contributed by atoms with Crippen molar-refractivity contribution < 1.29 is 9.53 Å². The molecule has 6 nitrogen and oxygen atoms in total. The number of carbonyl (C=O) groups is 1. The molecule has 0 saturated carbocycles. The van der Waals surface area contributed by atoms with Crippen molar-refractivity contribution in [2.45, 2.75) is 38.2 Å². The van der Waals surface area contributed by atoms with Gasteiger partial charge in [-0.2, -0.15) is 0 Å². The maximum absolute atomic E-state index is 12.2. The highest BCUT2D eigenvalue weighted by atomic mass is 35.5. The molecule has 0 aliphatic rings. The number of thioether (sulfide) groups is 1. The predicted molar refractivity (Wildman–Crippen MR) is 120 cm³/mol. The minimum atomic E-state index is -0.316. The third-order valence-electron chi connectivity index (χ3n) is 4.27. The molecule has 9 heteroatoms. The summed E-state index contributed by atoms with van der Waals surface area (Å²) in [4.78, 5) is 12.2. The Morgan fingerprint density at radius 3 is 2.63 bits per heavy atom. The van der Waals surface area contributed by atoms with Crippen LogP contribution in [0.15, 0.2) is 53.7 Å². The molecule has 0 radical (unpaired) electrons. The van der Waals surface area contributed by atoms with Crippen LogP contribution in [0.1, 0.15) is 31.3 Å². The summed E-state index contributed by atoms with van der Waals surface area (Å²) in [6.45, 7) is 5.03. The maximum atomic E-state index is 12.2. The molecule has 0 spiro atoms. The largest absolute Gasteiger partial charge is 0.483 e. The van der Waals surface area contributed by atoms with Gasteiger partial charge in [0.25, 0.3) is 0 Å². The Kier molecular flexibility index (Phi) is 8.01. The minimum absolute atomic E-state index is 0.0784. The highest BCUT2D eigenvalue weighted by molar-refractivity contribution is 7.99. The molecule has 3 rings (SSSR count). The fraction of sp³-hybridized carbons (Fsp3) is 0.286. The molecule has 0 saturated heterocycles. The summed E-state index contributed by atoms with van der Waals surface area (Å²) in [6, 6.07) is 14.6. The summed E-state index contributed by atoms with van der Waals surface area (Å²) in [5.74, 6) is 1.53. The van der Waals surface area contributed by atoms with Crippen molar-refractivity contribution in [3.63, 3.8) is 0 Å². The molecule has 1 unspecified atom stereocenters. The van der Waals surface area contributed by atoms with Gasteiger partial charge < -0.3 is 14.6 Å². The third kappa shape index (κ3) is 6.14. The molecule has 1 heterocycles. The second kappa shape index (κ2) is 10.7. The average Bonchev–Trinajstić information content (AvgIpc) is 3.15. The second-order valence-electron chi connectivity index (χ2n) is 6.49. The van der Waals surface area contributed by atoms with Gasteiger partial charge in [0, 0.05) is 23.1 Å². The van der Waals surface area contributed by atoms with Gasteiger partial charge in [0.2, 0.25) is 5.91 Å². The van der Waals surface area contributed by atoms with Crippen LogP contribution in [0.3, 0.4) is 0 Å². The van der Waals surface area contributed by atoms with E-state index in [9.17, 15) is 4.79 Å². The van der Waals surface area contributed by atoms with E-state index in [2.05, 4.69) is 15.5 Å². The Morgan fingerprint density at radius 2 is 1.93 bits per heavy atom. The van der Waals surface area contributed by atoms with Gasteiger partial charge in [0.1, 0.15) is 5.75 Å². The summed E-state index contributed by atoms with van der Waals surface area (Å²) >= 11 is 13.2. The van der Waals surface area contributed by atoms with Crippen LogP contribution in [0.5, 0.6) is 5.75 Å². The zero-order chi connectivity index (χ0) is 21.5. The van der Waals surface area contributed by atoms with E-state index < -0.39 is 0 Å². The van der Waals surface area contributed by atoms with Crippen LogP contribution in [0, 0.1) is 0 Å². The van der Waals surface area contributed by atoms with Crippen LogP contribution in [-0.2, 0) is 17.9 Å². The Balaban J connectivity index is 1.56. The number of carbonyl (C=O) groups excluding carboxylic acids is 1. The van der Waals surface area contributed by atoms with E-state index in [0.717, 1.165) is 5.56 Å². The van der Waals surface area contributed by atoms with E-state index in [0.29, 0.717) is 39.9 Å². The van der Waals surface area contributed by atoms with Crippen molar-refractivity contribution in [2.75, 3.05) is 5.75 Å². The monoisotopic (exact) mass is 464 g/mol. The molecule has 158 valence electrons. The predicted octanol–water partition coefficient (Wildman–Crippen LogP) is 5.15. The van der Waals surface area contributed by atoms with Crippen LogP contribution in [0.25, 0.3) is 0 Å². The molecular weight excluding hydrogens is 443 g/mol. The van der Waals surface area contributed by atoms with Crippen LogP contribution < -0.4 is 10.1 Å². The fourth-order valence-electron chi connectivity index (χ4n) is 2.79. The number of amides is 1. The molecule has 3 aromatic rings. The van der Waals surface area contributed by atoms with E-state index in [1.807, 2.05) is 42.7 Å². The third-order valence-corrected chi connectivity index (χ3v) is 5.72. The first-order chi connectivity index (χ1) is 14.5. The van der Waals surface area contributed by atoms with Crippen LogP contribution in [0.4, 0.5) is 0 Å². The standard InChI is InChI=1S/C21H22Cl2N4O2S/c1-3-27-20(14(2)29-18-6-4-5-17(23)11-18)25-26-21(27)30-13-19(28)24-12-15-7-9-16(22)10-8-15/h4-11,14H,3,12-13H2,1-2H3,(H,24,28). The Hall–Kier alpha value is -2.22. The van der Waals surface area contributed by atoms with E-state index in [4.69, 9.17) is 27.9 Å². The minimum Gasteiger partial charge on any atom is -0.483 e. The summed E-state index contributed by atoms with van der Waals surface area (Å²) < 4.78 is 7.90. The van der Waals surface area contributed by atoms with Crippen LogP contribution in [-0.4, -0.2) is 26.4 Å². The van der Waals surface area contributed by atoms with E-state index in [1.54, 1.807) is 24.3 Å². The molecule has 1 N–H and O–H groups in total. The summed E-state index contributed by atoms with van der Waals surface area (Å²) in [5, 5.41) is 13.4. The SMILES string of the molecule is CCn1c(SCC(=O)NCc2ccc(Cl)cc2)nnc1C(C)Oc1cccc(Cl)c1. The fourth-order valence-corrected chi connectivity index (χ4v) is 3.93. The van der Waals surface area contributed by atoms with E-state index in [1.165, 1.54) is 11.8 Å². The van der Waals surface area contributed by atoms with Gasteiger partial charge in [-0.05, 0) is 49.7 Å². The zero-order valence-electron chi connectivity index (χ0n) is 16.6. The quantitative estimate of drug-likeness (QED) is 0.443. The number of nitrogens with one attached hydrogen (secondary N) is 1. The van der Waals surface area contributed by atoms with Crippen molar-refractivity contribution in [2.24, 2.45) is 0 Å². The highest BCUT2D eigenvalue weighted by Gasteiger charge is 2.19. The average molecular weight is 465 g/mol. The zero-order valence-corrected chi connectivity index (χ0v) is 19.0. The molecule has 0 bridgehead atoms. The van der Waals surface area contributed by atoms with Crippen molar-refractivity contribution in [3.8, 4) is 5.75 Å². The summed E-state index contributed by atoms with van der Waals surface area (Å²) in [7, 11) is 0. The normalized spacial score (nSPS) is 11.9. The number of hydrogen-bond acceptors (Lipinski definition) is 5. The number of nitrogens with zero attached hydrogens (tertiary/aromatic N) is 3. The van der Waals surface area contributed by atoms with Gasteiger partial charge in [-0.15, -0.1) is 10.2 Å². The van der Waals surface area contributed by atoms with Crippen molar-refractivity contribution in [1.29, 1.82) is 0 Å². The first-order valence-corrected chi connectivity index (χ1v) is 11.2. The van der Waals surface area contributed by atoms with Gasteiger partial charge in [0.05, 0.1) is 5.75 Å². The summed E-state index contributed by atoms with van der Waals surface area (Å²) in [6.07, 6.45) is -0.316. The van der Waals surface area contributed by atoms with Gasteiger partial charge in [0.15, 0.2) is 17.1 Å². The summed E-state index contributed by atoms with van der Waals surface area (Å²) in [5.41, 5.74) is 0.990. The molecule has 30 heavy (non-hydrogen) atoms. The van der Waals surface area contributed by atoms with Crippen molar-refractivity contribution in [1.82, 2.24) is 20.1 Å². The Bertz CT molecular complexity index is 995. The number of rotatable bonds is 9. The number of aromatic nitrogens is 3. The van der Waals surface area contributed by atoms with E-state index >= 15 is 0 Å². The Morgan fingerprint density at radius 1 is 1.17 bits per heavy atom. The van der Waals surface area contributed by atoms with Crippen molar-refractivity contribution in [3.05, 3.63) is 70.0 Å². The van der Waals surface area contributed by atoms with Gasteiger partial charge in [-0.25, -0.2) is 0 Å². The maximum Gasteiger partial charge on any atom is 0.230 e. The second-order valence-corrected chi connectivity index (χ2v) is 8.31. The van der Waals surface area contributed by atoms with Gasteiger partial charge in [-0.1, -0.05) is 53.2 Å². The molecular formula is C21H22Cl2N4O2S. The number of hydrogen-bond donors (Lipinski definition) is 1. The molecule has 1 amide bonds. The van der Waals surface area contributed by atoms with Gasteiger partial charge >= 0.3 is 0 Å². The lowest BCUT2D eigenvalue weighted by atomic mass is 10.2. The molecule has 1 aromatic heterocycles. The molecule has 1 atom stereocenters. The lowest BCUT2D eigenvalue weighted by Gasteiger charge is -2.15. The lowest BCUT2D eigenvalue weighted by molar-refractivity contribution is -0.118. The van der Waals surface area contributed by atoms with Crippen molar-refractivity contribution >= 4 is 40.9 Å². The lowest BCUT2D eigenvalue weighted by Crippen LogP contribution is -2.24. The number of ether oxygens (including phenoxy) is 1. The molecule has 2 aromatic carbocycles. The van der Waals surface area contributed by atoms with Crippen LogP contribution >= 0.6 is 35.0 Å². The van der Waals surface area contributed by atoms with E-state index in [-0.39, 0.29) is 17.8 Å². The highest BCUT2D eigenvalue weighted by Crippen LogP contribution is 2.26. The van der Waals surface area contributed by atoms with Crippen LogP contribution in [0.2, 0.25) is 10.0 Å². The number of benzene rings is 2. The molecule has 0 fully saturated rings. The Labute approximate surface area is 189 Å². The molecule has 0 aliphatic heterocycles. The molecule has 0 aliphatic carbocycles. The first-order valence-electron chi connectivity index (χ1n) is 9.45. The topological polar surface area (TPSA) is 69.0 Å². The first kappa shape index (κ1) is 22.5. The number of halogens is 2. The van der Waals surface area contributed by atoms with Gasteiger partial charge in [-0.3, -0.25) is 4.79 Å². The smallest absolute Gasteiger partial charge is 0.230 e.